The van der Waals surface area contributed by atoms with Crippen LogP contribution in [0.2, 0.25) is 0 Å². The molecule has 1 N–H and O–H groups in total. The average Bonchev–Trinajstić information content (AvgIpc) is 2.91. The van der Waals surface area contributed by atoms with Crippen LogP contribution in [-0.4, -0.2) is 38.8 Å². The quantitative estimate of drug-likeness (QED) is 0.893. The minimum atomic E-state index is -0.814. The third kappa shape index (κ3) is 2.59. The van der Waals surface area contributed by atoms with E-state index in [1.54, 1.807) is 6.20 Å². The van der Waals surface area contributed by atoms with Crippen molar-refractivity contribution in [3.05, 3.63) is 41.7 Å². The molecule has 0 bridgehead atoms. The van der Waals surface area contributed by atoms with E-state index in [1.165, 1.54) is 0 Å². The van der Waals surface area contributed by atoms with Gasteiger partial charge in [-0.1, -0.05) is 6.07 Å². The van der Waals surface area contributed by atoms with E-state index in [4.69, 9.17) is 4.74 Å². The molecular formula is C15H19N5O2. The maximum absolute atomic E-state index is 12.6. The number of aryl methyl sites for hydroxylation is 1. The molecule has 0 spiro atoms. The highest BCUT2D eigenvalue weighted by Crippen LogP contribution is 2.25. The second kappa shape index (κ2) is 5.84. The lowest BCUT2D eigenvalue weighted by molar-refractivity contribution is -0.135. The number of ether oxygens (including phenoxy) is 1. The van der Waals surface area contributed by atoms with Crippen molar-refractivity contribution < 1.29 is 9.53 Å². The molecule has 3 heterocycles. The Bertz CT molecular complexity index is 670. The second-order valence-corrected chi connectivity index (χ2v) is 5.59. The Morgan fingerprint density at radius 2 is 2.32 bits per heavy atom. The van der Waals surface area contributed by atoms with E-state index in [2.05, 4.69) is 20.5 Å². The van der Waals surface area contributed by atoms with Gasteiger partial charge in [0.1, 0.15) is 18.0 Å². The molecule has 0 aliphatic carbocycles. The molecule has 2 aromatic rings. The van der Waals surface area contributed by atoms with Crippen molar-refractivity contribution in [2.45, 2.75) is 32.4 Å². The van der Waals surface area contributed by atoms with Crippen LogP contribution in [-0.2, 0) is 28.1 Å². The molecule has 0 saturated heterocycles. The molecular weight excluding hydrogens is 282 g/mol. The van der Waals surface area contributed by atoms with Gasteiger partial charge in [0.25, 0.3) is 0 Å². The number of carbonyl (C=O) groups excluding carboxylic acids is 1. The monoisotopic (exact) mass is 301 g/mol. The maximum Gasteiger partial charge on any atom is 0.248 e. The van der Waals surface area contributed by atoms with Gasteiger partial charge in [-0.25, -0.2) is 0 Å². The van der Waals surface area contributed by atoms with Crippen LogP contribution >= 0.6 is 0 Å². The molecule has 1 unspecified atom stereocenters. The number of carbonyl (C=O) groups is 1. The summed E-state index contributed by atoms with van der Waals surface area (Å²) >= 11 is 0. The van der Waals surface area contributed by atoms with Crippen molar-refractivity contribution in [3.8, 4) is 0 Å². The average molecular weight is 301 g/mol. The predicted molar refractivity (Wildman–Crippen MR) is 79.0 cm³/mol. The molecule has 0 radical (unpaired) electrons. The fraction of sp³-hybridized carbons (Fsp3) is 0.467. The van der Waals surface area contributed by atoms with Crippen LogP contribution in [0.3, 0.4) is 0 Å². The van der Waals surface area contributed by atoms with Gasteiger partial charge >= 0.3 is 0 Å². The van der Waals surface area contributed by atoms with Crippen molar-refractivity contribution in [1.29, 1.82) is 0 Å². The van der Waals surface area contributed by atoms with Crippen LogP contribution in [0.4, 0.5) is 0 Å². The number of nitrogens with zero attached hydrogens (tertiary/aromatic N) is 4. The Balaban J connectivity index is 1.68. The zero-order valence-electron chi connectivity index (χ0n) is 12.7. The molecule has 0 aromatic carbocycles. The van der Waals surface area contributed by atoms with E-state index in [0.717, 1.165) is 11.5 Å². The molecule has 1 amide bonds. The molecule has 1 aliphatic rings. The molecule has 116 valence electrons. The first-order valence-corrected chi connectivity index (χ1v) is 7.28. The van der Waals surface area contributed by atoms with Crippen molar-refractivity contribution in [2.24, 2.45) is 0 Å². The van der Waals surface area contributed by atoms with Crippen LogP contribution in [0.1, 0.15) is 24.3 Å². The lowest BCUT2D eigenvalue weighted by atomic mass is 10.00. The van der Waals surface area contributed by atoms with Gasteiger partial charge in [0, 0.05) is 24.9 Å². The molecule has 7 nitrogen and oxygen atoms in total. The number of hydrogen-bond acceptors (Lipinski definition) is 5. The van der Waals surface area contributed by atoms with E-state index in [1.807, 2.05) is 36.6 Å². The van der Waals surface area contributed by atoms with Crippen LogP contribution in [0.15, 0.2) is 24.4 Å². The highest BCUT2D eigenvalue weighted by atomic mass is 16.5. The van der Waals surface area contributed by atoms with Gasteiger partial charge < -0.3 is 10.1 Å². The first-order chi connectivity index (χ1) is 10.6. The van der Waals surface area contributed by atoms with E-state index in [9.17, 15) is 4.79 Å². The Morgan fingerprint density at radius 3 is 3.09 bits per heavy atom. The van der Waals surface area contributed by atoms with Crippen LogP contribution in [0.25, 0.3) is 0 Å². The Morgan fingerprint density at radius 1 is 1.45 bits per heavy atom. The predicted octanol–water partition coefficient (Wildman–Crippen LogP) is 0.586. The first-order valence-electron chi connectivity index (χ1n) is 7.28. The van der Waals surface area contributed by atoms with Crippen molar-refractivity contribution in [3.63, 3.8) is 0 Å². The molecule has 0 saturated carbocycles. The number of fused-ring (bicyclic) bond motifs is 1. The number of pyridine rings is 1. The zero-order valence-corrected chi connectivity index (χ0v) is 12.7. The third-order valence-corrected chi connectivity index (χ3v) is 3.88. The normalized spacial score (nSPS) is 20.5. The number of aromatic nitrogens is 4. The minimum Gasteiger partial charge on any atom is -0.370 e. The highest BCUT2D eigenvalue weighted by Gasteiger charge is 2.41. The minimum absolute atomic E-state index is 0.0905. The Kier molecular flexibility index (Phi) is 3.89. The summed E-state index contributed by atoms with van der Waals surface area (Å²) in [5, 5.41) is 11.1. The standard InChI is InChI=1S/C15H19N5O2/c1-11-18-19-13-9-22-10-15(2,20(11)13)14(21)17-8-6-12-5-3-4-7-16-12/h3-5,7H,6,8-10H2,1-2H3,(H,17,21). The van der Waals surface area contributed by atoms with E-state index in [-0.39, 0.29) is 5.91 Å². The van der Waals surface area contributed by atoms with E-state index in [0.29, 0.717) is 32.0 Å². The van der Waals surface area contributed by atoms with E-state index < -0.39 is 5.54 Å². The summed E-state index contributed by atoms with van der Waals surface area (Å²) in [5.41, 5.74) is 0.139. The van der Waals surface area contributed by atoms with Gasteiger partial charge in [0.15, 0.2) is 5.82 Å². The lowest BCUT2D eigenvalue weighted by Crippen LogP contribution is -2.53. The number of hydrogen-bond donors (Lipinski definition) is 1. The summed E-state index contributed by atoms with van der Waals surface area (Å²) in [7, 11) is 0. The summed E-state index contributed by atoms with van der Waals surface area (Å²) < 4.78 is 7.38. The van der Waals surface area contributed by atoms with Crippen molar-refractivity contribution in [2.75, 3.05) is 13.2 Å². The molecule has 0 fully saturated rings. The van der Waals surface area contributed by atoms with Crippen molar-refractivity contribution >= 4 is 5.91 Å². The van der Waals surface area contributed by atoms with Gasteiger partial charge in [0.2, 0.25) is 5.91 Å². The summed E-state index contributed by atoms with van der Waals surface area (Å²) in [5.74, 6) is 1.32. The summed E-state index contributed by atoms with van der Waals surface area (Å²) in [6.07, 6.45) is 2.44. The SMILES string of the molecule is Cc1nnc2n1C(C)(C(=O)NCCc1ccccn1)COC2. The highest BCUT2D eigenvalue weighted by molar-refractivity contribution is 5.84. The molecule has 2 aromatic heterocycles. The third-order valence-electron chi connectivity index (χ3n) is 3.88. The van der Waals surface area contributed by atoms with Gasteiger partial charge in [-0.15, -0.1) is 10.2 Å². The molecule has 1 atom stereocenters. The Labute approximate surface area is 128 Å². The zero-order chi connectivity index (χ0) is 15.6. The van der Waals surface area contributed by atoms with E-state index >= 15 is 0 Å². The van der Waals surface area contributed by atoms with Crippen LogP contribution in [0.5, 0.6) is 0 Å². The maximum atomic E-state index is 12.6. The first kappa shape index (κ1) is 14.6. The van der Waals surface area contributed by atoms with Crippen molar-refractivity contribution in [1.82, 2.24) is 25.1 Å². The largest absolute Gasteiger partial charge is 0.370 e. The topological polar surface area (TPSA) is 81.9 Å². The second-order valence-electron chi connectivity index (χ2n) is 5.59. The molecule has 22 heavy (non-hydrogen) atoms. The van der Waals surface area contributed by atoms with Gasteiger partial charge in [-0.2, -0.15) is 0 Å². The summed E-state index contributed by atoms with van der Waals surface area (Å²) in [6, 6.07) is 5.76. The molecule has 1 aliphatic heterocycles. The Hall–Kier alpha value is -2.28. The van der Waals surface area contributed by atoms with Crippen LogP contribution in [0, 0.1) is 6.92 Å². The number of amides is 1. The summed E-state index contributed by atoms with van der Waals surface area (Å²) in [4.78, 5) is 16.9. The van der Waals surface area contributed by atoms with Gasteiger partial charge in [-0.3, -0.25) is 14.3 Å². The van der Waals surface area contributed by atoms with Gasteiger partial charge in [-0.05, 0) is 26.0 Å². The number of rotatable bonds is 4. The molecule has 3 rings (SSSR count). The fourth-order valence-electron chi connectivity index (χ4n) is 2.75. The number of nitrogens with one attached hydrogen (secondary N) is 1. The van der Waals surface area contributed by atoms with Crippen LogP contribution < -0.4 is 5.32 Å². The smallest absolute Gasteiger partial charge is 0.248 e. The lowest BCUT2D eigenvalue weighted by Gasteiger charge is -2.34. The fourth-order valence-corrected chi connectivity index (χ4v) is 2.75. The summed E-state index contributed by atoms with van der Waals surface area (Å²) in [6.45, 7) is 4.93. The van der Waals surface area contributed by atoms with Gasteiger partial charge in [0.05, 0.1) is 6.61 Å². The molecule has 7 heteroatoms.